The molecule has 0 bridgehead atoms. The first-order valence-electron chi connectivity index (χ1n) is 11.8. The molecule has 1 aliphatic rings. The molecule has 3 aromatic rings. The smallest absolute Gasteiger partial charge is 0.136 e. The van der Waals surface area contributed by atoms with Gasteiger partial charge in [0, 0.05) is 7.11 Å². The number of ether oxygens (including phenoxy) is 2. The first-order chi connectivity index (χ1) is 15.7. The van der Waals surface area contributed by atoms with Gasteiger partial charge in [-0.25, -0.2) is 0 Å². The lowest BCUT2D eigenvalue weighted by Gasteiger charge is -2.53. The van der Waals surface area contributed by atoms with Gasteiger partial charge in [-0.1, -0.05) is 92.1 Å². The van der Waals surface area contributed by atoms with Crippen LogP contribution in [0.15, 0.2) is 84.9 Å². The Morgan fingerprint density at radius 2 is 1.31 bits per heavy atom. The molecule has 0 heterocycles. The van der Waals surface area contributed by atoms with E-state index < -0.39 is 5.60 Å². The van der Waals surface area contributed by atoms with Crippen LogP contribution in [0.4, 0.5) is 0 Å². The molecular weight excluding hydrogens is 394 g/mol. The quantitative estimate of drug-likeness (QED) is 0.444. The monoisotopic (exact) mass is 429 g/mol. The number of rotatable bonds is 9. The van der Waals surface area contributed by atoms with Crippen LogP contribution in [0.1, 0.15) is 48.8 Å². The van der Waals surface area contributed by atoms with E-state index in [1.165, 1.54) is 36.0 Å². The van der Waals surface area contributed by atoms with E-state index in [0.29, 0.717) is 0 Å². The Morgan fingerprint density at radius 3 is 1.81 bits per heavy atom. The van der Waals surface area contributed by atoms with E-state index in [0.717, 1.165) is 31.6 Å². The third-order valence-corrected chi connectivity index (χ3v) is 7.08. The van der Waals surface area contributed by atoms with Crippen molar-refractivity contribution in [3.05, 3.63) is 102 Å². The third kappa shape index (κ3) is 4.32. The number of nitrogens with one attached hydrogen (secondary N) is 1. The van der Waals surface area contributed by atoms with Crippen LogP contribution >= 0.6 is 0 Å². The molecule has 32 heavy (non-hydrogen) atoms. The molecule has 4 rings (SSSR count). The first kappa shape index (κ1) is 22.6. The molecule has 1 N–H and O–H groups in total. The summed E-state index contributed by atoms with van der Waals surface area (Å²) in [6, 6.07) is 29.9. The van der Waals surface area contributed by atoms with Crippen molar-refractivity contribution in [3.8, 4) is 5.75 Å². The standard InChI is InChI=1S/C29H35NO2/c1-31-27-18-16-24(17-19-27)20-23-30-28(21-10-5-11-22-28)29(32-2,25-12-6-3-7-13-25)26-14-8-4-9-15-26/h3-4,6-9,12-19,30H,5,10-11,20-23H2,1-2H3. The molecule has 3 heteroatoms. The minimum absolute atomic E-state index is 0.171. The molecule has 3 nitrogen and oxygen atoms in total. The highest BCUT2D eigenvalue weighted by Crippen LogP contribution is 2.49. The maximum atomic E-state index is 6.61. The third-order valence-electron chi connectivity index (χ3n) is 7.08. The molecule has 0 aliphatic heterocycles. The highest BCUT2D eigenvalue weighted by molar-refractivity contribution is 5.42. The average Bonchev–Trinajstić information content (AvgIpc) is 2.87. The summed E-state index contributed by atoms with van der Waals surface area (Å²) in [6.45, 7) is 0.900. The Labute approximate surface area is 192 Å². The molecular formula is C29H35NO2. The second kappa shape index (κ2) is 10.3. The summed E-state index contributed by atoms with van der Waals surface area (Å²) in [5.74, 6) is 0.900. The zero-order valence-corrected chi connectivity index (χ0v) is 19.3. The van der Waals surface area contributed by atoms with E-state index in [4.69, 9.17) is 9.47 Å². The van der Waals surface area contributed by atoms with Gasteiger partial charge < -0.3 is 14.8 Å². The fourth-order valence-corrected chi connectivity index (χ4v) is 5.54. The van der Waals surface area contributed by atoms with Crippen LogP contribution < -0.4 is 10.1 Å². The Hall–Kier alpha value is -2.62. The second-order valence-corrected chi connectivity index (χ2v) is 8.78. The molecule has 1 aliphatic carbocycles. The Morgan fingerprint density at radius 1 is 0.750 bits per heavy atom. The Balaban J connectivity index is 1.70. The maximum Gasteiger partial charge on any atom is 0.136 e. The van der Waals surface area contributed by atoms with E-state index >= 15 is 0 Å². The van der Waals surface area contributed by atoms with E-state index in [2.05, 4.69) is 78.1 Å². The molecule has 1 saturated carbocycles. The number of hydrogen-bond donors (Lipinski definition) is 1. The SMILES string of the molecule is COc1ccc(CCNC2(C(OC)(c3ccccc3)c3ccccc3)CCCCC2)cc1. The molecule has 0 atom stereocenters. The van der Waals surface area contributed by atoms with Crippen LogP contribution in [0.25, 0.3) is 0 Å². The van der Waals surface area contributed by atoms with Crippen molar-refractivity contribution < 1.29 is 9.47 Å². The molecule has 0 spiro atoms. The Bertz CT molecular complexity index is 908. The summed E-state index contributed by atoms with van der Waals surface area (Å²) in [4.78, 5) is 0. The minimum atomic E-state index is -0.546. The van der Waals surface area contributed by atoms with Crippen LogP contribution in [0.3, 0.4) is 0 Å². The molecule has 0 radical (unpaired) electrons. The van der Waals surface area contributed by atoms with Gasteiger partial charge in [0.05, 0.1) is 12.6 Å². The molecule has 168 valence electrons. The fraction of sp³-hybridized carbons (Fsp3) is 0.379. The number of benzene rings is 3. The summed E-state index contributed by atoms with van der Waals surface area (Å²) in [5, 5.41) is 4.04. The molecule has 0 aromatic heterocycles. The molecule has 3 aromatic carbocycles. The zero-order chi connectivity index (χ0) is 22.3. The highest BCUT2D eigenvalue weighted by Gasteiger charge is 2.54. The topological polar surface area (TPSA) is 30.5 Å². The molecule has 1 fully saturated rings. The predicted molar refractivity (Wildman–Crippen MR) is 131 cm³/mol. The van der Waals surface area contributed by atoms with Gasteiger partial charge in [-0.2, -0.15) is 0 Å². The lowest BCUT2D eigenvalue weighted by atomic mass is 9.63. The van der Waals surface area contributed by atoms with Crippen molar-refractivity contribution in [2.24, 2.45) is 0 Å². The van der Waals surface area contributed by atoms with Gasteiger partial charge in [0.2, 0.25) is 0 Å². The summed E-state index contributed by atoms with van der Waals surface area (Å²) < 4.78 is 11.9. The van der Waals surface area contributed by atoms with Gasteiger partial charge in [0.25, 0.3) is 0 Å². The zero-order valence-electron chi connectivity index (χ0n) is 19.3. The summed E-state index contributed by atoms with van der Waals surface area (Å²) in [7, 11) is 3.59. The fourth-order valence-electron chi connectivity index (χ4n) is 5.54. The molecule has 0 saturated heterocycles. The van der Waals surface area contributed by atoms with Crippen molar-refractivity contribution in [1.29, 1.82) is 0 Å². The van der Waals surface area contributed by atoms with Crippen LogP contribution in [-0.2, 0) is 16.8 Å². The van der Waals surface area contributed by atoms with E-state index in [-0.39, 0.29) is 5.54 Å². The summed E-state index contributed by atoms with van der Waals surface area (Å²) in [6.07, 6.45) is 6.85. The number of hydrogen-bond acceptors (Lipinski definition) is 3. The van der Waals surface area contributed by atoms with Crippen LogP contribution in [0, 0.1) is 0 Å². The maximum absolute atomic E-state index is 6.61. The van der Waals surface area contributed by atoms with E-state index in [1.807, 2.05) is 19.2 Å². The van der Waals surface area contributed by atoms with Crippen LogP contribution in [-0.4, -0.2) is 26.3 Å². The van der Waals surface area contributed by atoms with Crippen molar-refractivity contribution in [1.82, 2.24) is 5.32 Å². The lowest BCUT2D eigenvalue weighted by molar-refractivity contribution is -0.0756. The highest BCUT2D eigenvalue weighted by atomic mass is 16.5. The second-order valence-electron chi connectivity index (χ2n) is 8.78. The van der Waals surface area contributed by atoms with Crippen LogP contribution in [0.2, 0.25) is 0 Å². The van der Waals surface area contributed by atoms with Gasteiger partial charge in [0.15, 0.2) is 0 Å². The van der Waals surface area contributed by atoms with E-state index in [1.54, 1.807) is 7.11 Å². The number of methoxy groups -OCH3 is 2. The molecule has 0 unspecified atom stereocenters. The average molecular weight is 430 g/mol. The minimum Gasteiger partial charge on any atom is -0.497 e. The van der Waals surface area contributed by atoms with Crippen molar-refractivity contribution in [2.75, 3.05) is 20.8 Å². The van der Waals surface area contributed by atoms with Gasteiger partial charge in [0.1, 0.15) is 11.4 Å². The van der Waals surface area contributed by atoms with Crippen molar-refractivity contribution in [3.63, 3.8) is 0 Å². The summed E-state index contributed by atoms with van der Waals surface area (Å²) >= 11 is 0. The first-order valence-corrected chi connectivity index (χ1v) is 11.8. The van der Waals surface area contributed by atoms with Gasteiger partial charge >= 0.3 is 0 Å². The lowest BCUT2D eigenvalue weighted by Crippen LogP contribution is -2.63. The molecule has 0 amide bonds. The van der Waals surface area contributed by atoms with Gasteiger partial charge in [-0.05, 0) is 54.6 Å². The largest absolute Gasteiger partial charge is 0.497 e. The van der Waals surface area contributed by atoms with E-state index in [9.17, 15) is 0 Å². The predicted octanol–water partition coefficient (Wildman–Crippen LogP) is 6.12. The van der Waals surface area contributed by atoms with Gasteiger partial charge in [-0.15, -0.1) is 0 Å². The van der Waals surface area contributed by atoms with Crippen molar-refractivity contribution in [2.45, 2.75) is 49.7 Å². The van der Waals surface area contributed by atoms with Crippen molar-refractivity contribution >= 4 is 0 Å². The normalized spacial score (nSPS) is 15.9. The summed E-state index contributed by atoms with van der Waals surface area (Å²) in [5.41, 5.74) is 3.03. The Kier molecular flexibility index (Phi) is 7.29. The van der Waals surface area contributed by atoms with Gasteiger partial charge in [-0.3, -0.25) is 0 Å². The van der Waals surface area contributed by atoms with Crippen LogP contribution in [0.5, 0.6) is 5.75 Å².